The number of hydrogen-bond donors (Lipinski definition) is 1. The quantitative estimate of drug-likeness (QED) is 0.460. The van der Waals surface area contributed by atoms with Gasteiger partial charge in [-0.2, -0.15) is 0 Å². The third-order valence-electron chi connectivity index (χ3n) is 4.19. The largest absolute Gasteiger partial charge is 0.493 e. The number of nitrogens with one attached hydrogen (secondary N) is 1. The van der Waals surface area contributed by atoms with Crippen LogP contribution in [-0.4, -0.2) is 13.7 Å². The maximum Gasteiger partial charge on any atom is 0.167 e. The second kappa shape index (κ2) is 11.2. The normalized spacial score (nSPS) is 10.8. The van der Waals surface area contributed by atoms with Crippen molar-refractivity contribution in [2.24, 2.45) is 0 Å². The van der Waals surface area contributed by atoms with Gasteiger partial charge in [-0.25, -0.2) is 4.39 Å². The Hall–Kier alpha value is -1.59. The fraction of sp³-hybridized carbons (Fsp3) is 0.429. The number of unbranched alkanes of at least 4 members (excludes halogenated alkanes) is 3. The number of ether oxygens (including phenoxy) is 2. The molecule has 0 saturated carbocycles. The van der Waals surface area contributed by atoms with E-state index in [0.717, 1.165) is 22.1 Å². The van der Waals surface area contributed by atoms with Crippen molar-refractivity contribution in [1.82, 2.24) is 5.32 Å². The Labute approximate surface area is 164 Å². The number of benzene rings is 2. The smallest absolute Gasteiger partial charge is 0.167 e. The molecule has 0 radical (unpaired) electrons. The van der Waals surface area contributed by atoms with Crippen LogP contribution in [0.5, 0.6) is 11.5 Å². The first-order valence-corrected chi connectivity index (χ1v) is 9.88. The van der Waals surface area contributed by atoms with Crippen LogP contribution in [0.1, 0.15) is 43.7 Å². The minimum Gasteiger partial charge on any atom is -0.493 e. The zero-order chi connectivity index (χ0) is 18.8. The number of hydrogen-bond acceptors (Lipinski definition) is 3. The molecule has 0 saturated heterocycles. The van der Waals surface area contributed by atoms with Crippen LogP contribution in [0.25, 0.3) is 0 Å². The van der Waals surface area contributed by atoms with Gasteiger partial charge in [0, 0.05) is 16.6 Å². The molecule has 3 nitrogen and oxygen atoms in total. The van der Waals surface area contributed by atoms with Crippen molar-refractivity contribution in [3.8, 4) is 11.5 Å². The zero-order valence-electron chi connectivity index (χ0n) is 15.5. The molecule has 0 aromatic heterocycles. The van der Waals surface area contributed by atoms with E-state index in [1.165, 1.54) is 37.8 Å². The topological polar surface area (TPSA) is 30.5 Å². The molecule has 2 aromatic carbocycles. The summed E-state index contributed by atoms with van der Waals surface area (Å²) >= 11 is 3.62. The molecule has 0 atom stereocenters. The first-order chi connectivity index (χ1) is 12.7. The standard InChI is InChI=1S/C21H27BrFNO2/c1-3-4-5-6-13-24-14-18-19(22)11-12-20(25-2)21(18)26-15-16-7-9-17(23)10-8-16/h7-12,24H,3-6,13-15H2,1-2H3. The monoisotopic (exact) mass is 423 g/mol. The number of methoxy groups -OCH3 is 1. The molecule has 0 bridgehead atoms. The van der Waals surface area contributed by atoms with E-state index in [2.05, 4.69) is 28.2 Å². The van der Waals surface area contributed by atoms with E-state index in [1.54, 1.807) is 19.2 Å². The molecule has 0 amide bonds. The first-order valence-electron chi connectivity index (χ1n) is 9.09. The Morgan fingerprint density at radius 1 is 1.04 bits per heavy atom. The molecule has 0 heterocycles. The Balaban J connectivity index is 2.04. The molecule has 5 heteroatoms. The molecule has 1 N–H and O–H groups in total. The van der Waals surface area contributed by atoms with Crippen LogP contribution < -0.4 is 14.8 Å². The summed E-state index contributed by atoms with van der Waals surface area (Å²) in [6, 6.07) is 10.2. The van der Waals surface area contributed by atoms with Crippen molar-refractivity contribution in [1.29, 1.82) is 0 Å². The second-order valence-electron chi connectivity index (χ2n) is 6.21. The Bertz CT molecular complexity index is 676. The molecular weight excluding hydrogens is 397 g/mol. The lowest BCUT2D eigenvalue weighted by molar-refractivity contribution is 0.280. The van der Waals surface area contributed by atoms with Crippen molar-refractivity contribution in [2.45, 2.75) is 45.8 Å². The summed E-state index contributed by atoms with van der Waals surface area (Å²) in [5.74, 6) is 1.16. The van der Waals surface area contributed by atoms with Gasteiger partial charge in [0.05, 0.1) is 7.11 Å². The van der Waals surface area contributed by atoms with Crippen LogP contribution in [0.3, 0.4) is 0 Å². The molecule has 0 fully saturated rings. The summed E-state index contributed by atoms with van der Waals surface area (Å²) in [6.07, 6.45) is 4.93. The third kappa shape index (κ3) is 6.29. The minimum absolute atomic E-state index is 0.248. The van der Waals surface area contributed by atoms with Crippen molar-refractivity contribution in [3.63, 3.8) is 0 Å². The van der Waals surface area contributed by atoms with E-state index in [-0.39, 0.29) is 5.82 Å². The van der Waals surface area contributed by atoms with E-state index >= 15 is 0 Å². The third-order valence-corrected chi connectivity index (χ3v) is 4.94. The predicted octanol–water partition coefficient (Wildman–Crippen LogP) is 5.85. The SMILES string of the molecule is CCCCCCNCc1c(Br)ccc(OC)c1OCc1ccc(F)cc1. The van der Waals surface area contributed by atoms with Crippen LogP contribution in [0.2, 0.25) is 0 Å². The summed E-state index contributed by atoms with van der Waals surface area (Å²) in [7, 11) is 1.63. The van der Waals surface area contributed by atoms with Crippen LogP contribution in [-0.2, 0) is 13.2 Å². The summed E-state index contributed by atoms with van der Waals surface area (Å²) in [6.45, 7) is 4.24. The maximum atomic E-state index is 13.1. The summed E-state index contributed by atoms with van der Waals surface area (Å²) in [4.78, 5) is 0. The minimum atomic E-state index is -0.248. The van der Waals surface area contributed by atoms with E-state index < -0.39 is 0 Å². The molecule has 0 spiro atoms. The van der Waals surface area contributed by atoms with Crippen LogP contribution >= 0.6 is 15.9 Å². The van der Waals surface area contributed by atoms with Gasteiger partial charge in [0.2, 0.25) is 0 Å². The lowest BCUT2D eigenvalue weighted by atomic mass is 10.1. The number of halogens is 2. The molecule has 26 heavy (non-hydrogen) atoms. The van der Waals surface area contributed by atoms with Crippen molar-refractivity contribution in [3.05, 3.63) is 57.8 Å². The van der Waals surface area contributed by atoms with Crippen LogP contribution in [0, 0.1) is 5.82 Å². The molecule has 2 aromatic rings. The predicted molar refractivity (Wildman–Crippen MR) is 107 cm³/mol. The molecule has 0 aliphatic carbocycles. The van der Waals surface area contributed by atoms with Gasteiger partial charge in [-0.05, 0) is 42.8 Å². The van der Waals surface area contributed by atoms with Crippen LogP contribution in [0.15, 0.2) is 40.9 Å². The summed E-state index contributed by atoms with van der Waals surface area (Å²) in [5, 5.41) is 3.48. The van der Waals surface area contributed by atoms with Gasteiger partial charge in [0.1, 0.15) is 12.4 Å². The highest BCUT2D eigenvalue weighted by Gasteiger charge is 2.14. The van der Waals surface area contributed by atoms with E-state index in [4.69, 9.17) is 9.47 Å². The highest BCUT2D eigenvalue weighted by molar-refractivity contribution is 9.10. The average Bonchev–Trinajstić information content (AvgIpc) is 2.65. The van der Waals surface area contributed by atoms with Crippen molar-refractivity contribution in [2.75, 3.05) is 13.7 Å². The van der Waals surface area contributed by atoms with Crippen molar-refractivity contribution >= 4 is 15.9 Å². The molecule has 142 valence electrons. The zero-order valence-corrected chi connectivity index (χ0v) is 17.1. The van der Waals surface area contributed by atoms with Gasteiger partial charge >= 0.3 is 0 Å². The van der Waals surface area contributed by atoms with Gasteiger partial charge in [-0.3, -0.25) is 0 Å². The summed E-state index contributed by atoms with van der Waals surface area (Å²) in [5.41, 5.74) is 1.94. The van der Waals surface area contributed by atoms with Crippen LogP contribution in [0.4, 0.5) is 4.39 Å². The second-order valence-corrected chi connectivity index (χ2v) is 7.06. The first kappa shape index (κ1) is 20.7. The maximum absolute atomic E-state index is 13.1. The van der Waals surface area contributed by atoms with E-state index in [1.807, 2.05) is 12.1 Å². The lowest BCUT2D eigenvalue weighted by Gasteiger charge is -2.17. The summed E-state index contributed by atoms with van der Waals surface area (Å²) < 4.78 is 25.6. The van der Waals surface area contributed by atoms with E-state index in [9.17, 15) is 4.39 Å². The molecular formula is C21H27BrFNO2. The Kier molecular flexibility index (Phi) is 8.92. The fourth-order valence-corrected chi connectivity index (χ4v) is 3.14. The van der Waals surface area contributed by atoms with Gasteiger partial charge in [-0.15, -0.1) is 0 Å². The average molecular weight is 424 g/mol. The van der Waals surface area contributed by atoms with Gasteiger partial charge in [0.15, 0.2) is 11.5 Å². The Morgan fingerprint density at radius 2 is 1.81 bits per heavy atom. The molecule has 0 unspecified atom stereocenters. The molecule has 2 rings (SSSR count). The highest BCUT2D eigenvalue weighted by Crippen LogP contribution is 2.36. The Morgan fingerprint density at radius 3 is 2.50 bits per heavy atom. The van der Waals surface area contributed by atoms with Gasteiger partial charge in [-0.1, -0.05) is 54.2 Å². The molecule has 0 aliphatic heterocycles. The lowest BCUT2D eigenvalue weighted by Crippen LogP contribution is -2.16. The fourth-order valence-electron chi connectivity index (χ4n) is 2.69. The van der Waals surface area contributed by atoms with Gasteiger partial charge in [0.25, 0.3) is 0 Å². The highest BCUT2D eigenvalue weighted by atomic mass is 79.9. The molecule has 0 aliphatic rings. The number of rotatable bonds is 11. The van der Waals surface area contributed by atoms with Gasteiger partial charge < -0.3 is 14.8 Å². The van der Waals surface area contributed by atoms with Crippen molar-refractivity contribution < 1.29 is 13.9 Å². The van der Waals surface area contributed by atoms with E-state index in [0.29, 0.717) is 24.7 Å².